The van der Waals surface area contributed by atoms with Crippen LogP contribution in [0.4, 0.5) is 0 Å². The number of aliphatic hydroxyl groups is 1. The van der Waals surface area contributed by atoms with Crippen molar-refractivity contribution in [3.63, 3.8) is 0 Å². The number of rotatable bonds is 5. The van der Waals surface area contributed by atoms with Crippen LogP contribution in [0.15, 0.2) is 42.7 Å². The third kappa shape index (κ3) is 3.33. The van der Waals surface area contributed by atoms with Gasteiger partial charge < -0.3 is 9.84 Å². The van der Waals surface area contributed by atoms with Gasteiger partial charge in [-0.05, 0) is 12.1 Å². The zero-order valence-corrected chi connectivity index (χ0v) is 8.68. The molecule has 1 aromatic rings. The van der Waals surface area contributed by atoms with Gasteiger partial charge in [-0.1, -0.05) is 24.8 Å². The van der Waals surface area contributed by atoms with Crippen molar-refractivity contribution >= 4 is 11.8 Å². The number of allylic oxidation sites excluding steroid dienone is 1. The lowest BCUT2D eigenvalue weighted by molar-refractivity contribution is -0.118. The maximum atomic E-state index is 11.5. The Kier molecular flexibility index (Phi) is 4.42. The second-order valence-electron chi connectivity index (χ2n) is 3.08. The van der Waals surface area contributed by atoms with Crippen LogP contribution < -0.4 is 0 Å². The van der Waals surface area contributed by atoms with E-state index in [-0.39, 0.29) is 18.8 Å². The van der Waals surface area contributed by atoms with E-state index in [2.05, 4.69) is 6.58 Å². The van der Waals surface area contributed by atoms with Crippen LogP contribution in [0.3, 0.4) is 0 Å². The predicted octanol–water partition coefficient (Wildman–Crippen LogP) is 1.31. The zero-order valence-electron chi connectivity index (χ0n) is 8.68. The van der Waals surface area contributed by atoms with E-state index in [0.29, 0.717) is 5.56 Å². The minimum absolute atomic E-state index is 0.0963. The number of hydrogen-bond acceptors (Lipinski definition) is 4. The molecule has 84 valence electrons. The fraction of sp³-hybridized carbons (Fsp3) is 0.167. The Morgan fingerprint density at radius 3 is 2.44 bits per heavy atom. The number of hydrogen-bond donors (Lipinski definition) is 1. The van der Waals surface area contributed by atoms with E-state index < -0.39 is 11.8 Å². The Bertz CT molecular complexity index is 395. The molecular formula is C12H12O4. The molecule has 4 heteroatoms. The van der Waals surface area contributed by atoms with E-state index in [0.717, 1.165) is 0 Å². The third-order valence-corrected chi connectivity index (χ3v) is 1.88. The summed E-state index contributed by atoms with van der Waals surface area (Å²) in [5, 5.41) is 8.53. The molecule has 0 amide bonds. The molecule has 0 aliphatic heterocycles. The molecule has 0 unspecified atom stereocenters. The Labute approximate surface area is 93.2 Å². The monoisotopic (exact) mass is 220 g/mol. The summed E-state index contributed by atoms with van der Waals surface area (Å²) in [7, 11) is 0. The van der Waals surface area contributed by atoms with Crippen LogP contribution in [-0.2, 0) is 9.53 Å². The summed E-state index contributed by atoms with van der Waals surface area (Å²) >= 11 is 0. The van der Waals surface area contributed by atoms with Gasteiger partial charge >= 0.3 is 5.97 Å². The Hall–Kier alpha value is -1.94. The van der Waals surface area contributed by atoms with Gasteiger partial charge in [0, 0.05) is 6.42 Å². The van der Waals surface area contributed by atoms with Gasteiger partial charge in [0.05, 0.1) is 12.2 Å². The van der Waals surface area contributed by atoms with Crippen LogP contribution in [0.2, 0.25) is 0 Å². The smallest absolute Gasteiger partial charge is 0.343 e. The van der Waals surface area contributed by atoms with Crippen LogP contribution in [0.1, 0.15) is 16.8 Å². The van der Waals surface area contributed by atoms with Crippen molar-refractivity contribution in [3.05, 3.63) is 48.2 Å². The fourth-order valence-electron chi connectivity index (χ4n) is 1.04. The molecule has 0 radical (unpaired) electrons. The molecular weight excluding hydrogens is 208 g/mol. The van der Waals surface area contributed by atoms with Crippen LogP contribution in [0.5, 0.6) is 0 Å². The maximum Gasteiger partial charge on any atom is 0.343 e. The van der Waals surface area contributed by atoms with E-state index >= 15 is 0 Å². The van der Waals surface area contributed by atoms with E-state index in [9.17, 15) is 9.59 Å². The van der Waals surface area contributed by atoms with Gasteiger partial charge in [0.2, 0.25) is 0 Å². The van der Waals surface area contributed by atoms with Crippen LogP contribution in [-0.4, -0.2) is 23.5 Å². The minimum atomic E-state index is -0.628. The quantitative estimate of drug-likeness (QED) is 0.461. The number of ether oxygens (including phenoxy) is 1. The van der Waals surface area contributed by atoms with Gasteiger partial charge in [0.25, 0.3) is 0 Å². The minimum Gasteiger partial charge on any atom is -0.420 e. The van der Waals surface area contributed by atoms with Crippen molar-refractivity contribution in [3.8, 4) is 0 Å². The van der Waals surface area contributed by atoms with E-state index in [1.165, 1.54) is 0 Å². The molecule has 16 heavy (non-hydrogen) atoms. The molecule has 0 heterocycles. The Balaban J connectivity index is 2.59. The summed E-state index contributed by atoms with van der Waals surface area (Å²) < 4.78 is 4.76. The first-order chi connectivity index (χ1) is 7.65. The van der Waals surface area contributed by atoms with Crippen molar-refractivity contribution in [1.82, 2.24) is 0 Å². The van der Waals surface area contributed by atoms with Gasteiger partial charge in [0.15, 0.2) is 11.5 Å². The van der Waals surface area contributed by atoms with Crippen molar-refractivity contribution in [2.45, 2.75) is 6.42 Å². The first kappa shape index (κ1) is 12.1. The van der Waals surface area contributed by atoms with Gasteiger partial charge in [-0.2, -0.15) is 0 Å². The molecule has 0 aliphatic rings. The normalized spacial score (nSPS) is 9.56. The highest BCUT2D eigenvalue weighted by atomic mass is 16.5. The highest BCUT2D eigenvalue weighted by molar-refractivity contribution is 5.98. The average Bonchev–Trinajstić information content (AvgIpc) is 2.30. The molecule has 0 saturated carbocycles. The summed E-state index contributed by atoms with van der Waals surface area (Å²) in [4.78, 5) is 22.6. The lowest BCUT2D eigenvalue weighted by Gasteiger charge is -2.05. The molecule has 1 aromatic carbocycles. The first-order valence-electron chi connectivity index (χ1n) is 4.75. The number of Topliss-reactive ketones (excluding diaryl/α,β-unsaturated/α-hetero) is 1. The van der Waals surface area contributed by atoms with Crippen LogP contribution in [0, 0.1) is 0 Å². The summed E-state index contributed by atoms with van der Waals surface area (Å²) in [6.07, 6.45) is -0.0963. The number of carbonyl (C=O) groups excluding carboxylic acids is 2. The SMILES string of the molecule is C=C(OC(=O)c1ccccc1)C(=O)CCO. The second kappa shape index (κ2) is 5.82. The van der Waals surface area contributed by atoms with E-state index in [1.54, 1.807) is 30.3 Å². The highest BCUT2D eigenvalue weighted by Crippen LogP contribution is 2.06. The van der Waals surface area contributed by atoms with Gasteiger partial charge in [-0.3, -0.25) is 4.79 Å². The lowest BCUT2D eigenvalue weighted by Crippen LogP contribution is -2.12. The van der Waals surface area contributed by atoms with E-state index in [4.69, 9.17) is 9.84 Å². The molecule has 0 spiro atoms. The molecule has 0 atom stereocenters. The lowest BCUT2D eigenvalue weighted by atomic mass is 10.2. The van der Waals surface area contributed by atoms with Crippen molar-refractivity contribution in [2.24, 2.45) is 0 Å². The van der Waals surface area contributed by atoms with E-state index in [1.807, 2.05) is 0 Å². The number of aliphatic hydroxyl groups excluding tert-OH is 1. The second-order valence-corrected chi connectivity index (χ2v) is 3.08. The van der Waals surface area contributed by atoms with Crippen molar-refractivity contribution in [1.29, 1.82) is 0 Å². The summed E-state index contributed by atoms with van der Waals surface area (Å²) in [6.45, 7) is 3.04. The van der Waals surface area contributed by atoms with Crippen LogP contribution in [0.25, 0.3) is 0 Å². The van der Waals surface area contributed by atoms with Crippen molar-refractivity contribution < 1.29 is 19.4 Å². The summed E-state index contributed by atoms with van der Waals surface area (Å²) in [5.41, 5.74) is 0.348. The third-order valence-electron chi connectivity index (χ3n) is 1.88. The Morgan fingerprint density at radius 2 is 1.88 bits per heavy atom. The average molecular weight is 220 g/mol. The Morgan fingerprint density at radius 1 is 1.25 bits per heavy atom. The molecule has 0 aliphatic carbocycles. The number of carbonyl (C=O) groups is 2. The summed E-state index contributed by atoms with van der Waals surface area (Å²) in [5.74, 6) is -1.36. The van der Waals surface area contributed by atoms with Gasteiger partial charge in [0.1, 0.15) is 0 Å². The van der Waals surface area contributed by atoms with Crippen LogP contribution >= 0.6 is 0 Å². The van der Waals surface area contributed by atoms with Gasteiger partial charge in [-0.15, -0.1) is 0 Å². The highest BCUT2D eigenvalue weighted by Gasteiger charge is 2.13. The molecule has 0 fully saturated rings. The predicted molar refractivity (Wildman–Crippen MR) is 57.7 cm³/mol. The molecule has 0 aromatic heterocycles. The maximum absolute atomic E-state index is 11.5. The molecule has 4 nitrogen and oxygen atoms in total. The molecule has 0 bridgehead atoms. The fourth-order valence-corrected chi connectivity index (χ4v) is 1.04. The standard InChI is InChI=1S/C12H12O4/c1-9(11(14)7-8-13)16-12(15)10-5-3-2-4-6-10/h2-6,13H,1,7-8H2. The molecule has 0 saturated heterocycles. The largest absolute Gasteiger partial charge is 0.420 e. The van der Waals surface area contributed by atoms with Gasteiger partial charge in [-0.25, -0.2) is 4.79 Å². The number of esters is 1. The first-order valence-corrected chi connectivity index (χ1v) is 4.75. The topological polar surface area (TPSA) is 63.6 Å². The van der Waals surface area contributed by atoms with Crippen molar-refractivity contribution in [2.75, 3.05) is 6.61 Å². The molecule has 1 rings (SSSR count). The number of ketones is 1. The zero-order chi connectivity index (χ0) is 12.0. The number of benzene rings is 1. The summed E-state index contributed by atoms with van der Waals surface area (Å²) in [6, 6.07) is 8.30. The molecule has 1 N–H and O–H groups in total.